The molecule has 0 aliphatic carbocycles. The summed E-state index contributed by atoms with van der Waals surface area (Å²) in [6.45, 7) is 5.73. The molecule has 1 rings (SSSR count). The fourth-order valence-electron chi connectivity index (χ4n) is 1.43. The fraction of sp³-hybridized carbons (Fsp3) is 0.462. The van der Waals surface area contributed by atoms with Crippen molar-refractivity contribution in [3.8, 4) is 5.75 Å². The van der Waals surface area contributed by atoms with Crippen LogP contribution in [0.4, 0.5) is 0 Å². The van der Waals surface area contributed by atoms with Gasteiger partial charge in [0.2, 0.25) is 0 Å². The van der Waals surface area contributed by atoms with E-state index in [2.05, 4.69) is 0 Å². The van der Waals surface area contributed by atoms with Gasteiger partial charge < -0.3 is 9.47 Å². The van der Waals surface area contributed by atoms with Crippen molar-refractivity contribution in [3.63, 3.8) is 0 Å². The Morgan fingerprint density at radius 1 is 1.35 bits per heavy atom. The van der Waals surface area contributed by atoms with E-state index in [1.165, 1.54) is 12.1 Å². The fourth-order valence-corrected chi connectivity index (χ4v) is 2.21. The normalized spacial score (nSPS) is 12.8. The van der Waals surface area contributed by atoms with Gasteiger partial charge in [-0.2, -0.15) is 0 Å². The average Bonchev–Trinajstić information content (AvgIpc) is 2.37. The highest BCUT2D eigenvalue weighted by atomic mass is 35.7. The van der Waals surface area contributed by atoms with Gasteiger partial charge in [-0.25, -0.2) is 13.2 Å². The highest BCUT2D eigenvalue weighted by Gasteiger charge is 2.20. The van der Waals surface area contributed by atoms with Crippen molar-refractivity contribution < 1.29 is 22.7 Å². The molecule has 112 valence electrons. The van der Waals surface area contributed by atoms with Gasteiger partial charge in [0.15, 0.2) is 0 Å². The second kappa shape index (κ2) is 6.95. The van der Waals surface area contributed by atoms with Gasteiger partial charge in [-0.15, -0.1) is 0 Å². The highest BCUT2D eigenvalue weighted by Crippen LogP contribution is 2.26. The first kappa shape index (κ1) is 16.8. The van der Waals surface area contributed by atoms with E-state index in [0.29, 0.717) is 13.0 Å². The number of rotatable bonds is 6. The van der Waals surface area contributed by atoms with E-state index in [1.54, 1.807) is 13.8 Å². The second-order valence-electron chi connectivity index (χ2n) is 4.15. The molecule has 5 nitrogen and oxygen atoms in total. The summed E-state index contributed by atoms with van der Waals surface area (Å²) in [5.74, 6) is -0.366. The number of hydrogen-bond donors (Lipinski definition) is 0. The smallest absolute Gasteiger partial charge is 0.342 e. The Labute approximate surface area is 123 Å². The Balaban J connectivity index is 3.21. The third-order valence-electron chi connectivity index (χ3n) is 2.64. The van der Waals surface area contributed by atoms with Crippen LogP contribution in [0.15, 0.2) is 23.1 Å². The number of halogens is 1. The van der Waals surface area contributed by atoms with Crippen molar-refractivity contribution in [3.05, 3.63) is 23.8 Å². The van der Waals surface area contributed by atoms with E-state index in [0.717, 1.165) is 6.07 Å². The zero-order valence-electron chi connectivity index (χ0n) is 11.6. The lowest BCUT2D eigenvalue weighted by atomic mass is 10.2. The van der Waals surface area contributed by atoms with Gasteiger partial charge in [-0.05, 0) is 38.5 Å². The summed E-state index contributed by atoms with van der Waals surface area (Å²) in [7, 11) is 1.36. The summed E-state index contributed by atoms with van der Waals surface area (Å²) in [4.78, 5) is 11.9. The molecule has 1 aromatic rings. The van der Waals surface area contributed by atoms with E-state index >= 15 is 0 Å². The monoisotopic (exact) mass is 320 g/mol. The number of carbonyl (C=O) groups excluding carboxylic acids is 1. The summed E-state index contributed by atoms with van der Waals surface area (Å²) >= 11 is 0. The first-order chi connectivity index (χ1) is 9.29. The summed E-state index contributed by atoms with van der Waals surface area (Å²) in [6.07, 6.45) is 0.386. The molecule has 0 aromatic heterocycles. The van der Waals surface area contributed by atoms with E-state index in [-0.39, 0.29) is 22.3 Å². The SMILES string of the molecule is CCOc1ccc(S(=O)(=O)Cl)cc1C(=O)OC(C)CC. The van der Waals surface area contributed by atoms with Gasteiger partial charge >= 0.3 is 5.97 Å². The predicted molar refractivity (Wildman–Crippen MR) is 75.8 cm³/mol. The molecule has 0 amide bonds. The molecular weight excluding hydrogens is 304 g/mol. The molecule has 0 radical (unpaired) electrons. The van der Waals surface area contributed by atoms with Crippen LogP contribution < -0.4 is 4.74 Å². The molecule has 0 saturated carbocycles. The van der Waals surface area contributed by atoms with Crippen LogP contribution in [0, 0.1) is 0 Å². The molecule has 20 heavy (non-hydrogen) atoms. The maximum absolute atomic E-state index is 12.0. The van der Waals surface area contributed by atoms with Crippen LogP contribution in [-0.2, 0) is 13.8 Å². The molecule has 0 aliphatic rings. The maximum Gasteiger partial charge on any atom is 0.342 e. The zero-order chi connectivity index (χ0) is 15.3. The molecule has 0 aliphatic heterocycles. The topological polar surface area (TPSA) is 69.7 Å². The number of esters is 1. The van der Waals surface area contributed by atoms with Crippen molar-refractivity contribution in [2.45, 2.75) is 38.2 Å². The van der Waals surface area contributed by atoms with Crippen LogP contribution in [0.3, 0.4) is 0 Å². The molecule has 1 atom stereocenters. The molecule has 7 heteroatoms. The van der Waals surface area contributed by atoms with Crippen molar-refractivity contribution in [1.29, 1.82) is 0 Å². The molecular formula is C13H17ClO5S. The lowest BCUT2D eigenvalue weighted by Crippen LogP contribution is -2.15. The van der Waals surface area contributed by atoms with Crippen LogP contribution in [0.5, 0.6) is 5.75 Å². The van der Waals surface area contributed by atoms with Crippen LogP contribution >= 0.6 is 10.7 Å². The van der Waals surface area contributed by atoms with Gasteiger partial charge in [0, 0.05) is 10.7 Å². The quantitative estimate of drug-likeness (QED) is 0.595. The third-order valence-corrected chi connectivity index (χ3v) is 3.99. The number of ether oxygens (including phenoxy) is 2. The van der Waals surface area contributed by atoms with Crippen LogP contribution in [-0.4, -0.2) is 27.1 Å². The maximum atomic E-state index is 12.0. The molecule has 0 N–H and O–H groups in total. The van der Waals surface area contributed by atoms with E-state index in [9.17, 15) is 13.2 Å². The molecule has 0 spiro atoms. The second-order valence-corrected chi connectivity index (χ2v) is 6.72. The Kier molecular flexibility index (Phi) is 5.83. The van der Waals surface area contributed by atoms with Crippen molar-refractivity contribution >= 4 is 25.7 Å². The Bertz CT molecular complexity index is 582. The summed E-state index contributed by atoms with van der Waals surface area (Å²) < 4.78 is 33.1. The van der Waals surface area contributed by atoms with Gasteiger partial charge in [-0.3, -0.25) is 0 Å². The van der Waals surface area contributed by atoms with Gasteiger partial charge in [0.05, 0.1) is 17.6 Å². The molecule has 0 bridgehead atoms. The zero-order valence-corrected chi connectivity index (χ0v) is 13.1. The Hall–Kier alpha value is -1.27. The first-order valence-electron chi connectivity index (χ1n) is 6.22. The molecule has 0 saturated heterocycles. The van der Waals surface area contributed by atoms with Crippen LogP contribution in [0.2, 0.25) is 0 Å². The van der Waals surface area contributed by atoms with E-state index < -0.39 is 15.0 Å². The average molecular weight is 321 g/mol. The first-order valence-corrected chi connectivity index (χ1v) is 8.53. The highest BCUT2D eigenvalue weighted by molar-refractivity contribution is 8.13. The van der Waals surface area contributed by atoms with Crippen molar-refractivity contribution in [2.75, 3.05) is 6.61 Å². The molecule has 1 unspecified atom stereocenters. The lowest BCUT2D eigenvalue weighted by Gasteiger charge is -2.14. The van der Waals surface area contributed by atoms with Crippen LogP contribution in [0.1, 0.15) is 37.6 Å². The number of carbonyl (C=O) groups is 1. The largest absolute Gasteiger partial charge is 0.493 e. The summed E-state index contributed by atoms with van der Waals surface area (Å²) in [5.41, 5.74) is 0.0499. The minimum absolute atomic E-state index is 0.0499. The van der Waals surface area contributed by atoms with E-state index in [4.69, 9.17) is 20.2 Å². The lowest BCUT2D eigenvalue weighted by molar-refractivity contribution is 0.0330. The standard InChI is InChI=1S/C13H17ClO5S/c1-4-9(3)19-13(15)11-8-10(20(14,16)17)6-7-12(11)18-5-2/h6-9H,4-5H2,1-3H3. The van der Waals surface area contributed by atoms with Crippen molar-refractivity contribution in [2.24, 2.45) is 0 Å². The third kappa shape index (κ3) is 4.38. The van der Waals surface area contributed by atoms with Crippen molar-refractivity contribution in [1.82, 2.24) is 0 Å². The minimum Gasteiger partial charge on any atom is -0.493 e. The Morgan fingerprint density at radius 2 is 2.00 bits per heavy atom. The van der Waals surface area contributed by atoms with E-state index in [1.807, 2.05) is 6.92 Å². The van der Waals surface area contributed by atoms with Crippen LogP contribution in [0.25, 0.3) is 0 Å². The number of hydrogen-bond acceptors (Lipinski definition) is 5. The number of benzene rings is 1. The molecule has 1 aromatic carbocycles. The molecule has 0 heterocycles. The summed E-state index contributed by atoms with van der Waals surface area (Å²) in [6, 6.07) is 3.84. The van der Waals surface area contributed by atoms with Gasteiger partial charge in [-0.1, -0.05) is 6.92 Å². The van der Waals surface area contributed by atoms with Gasteiger partial charge in [0.1, 0.15) is 11.3 Å². The predicted octanol–water partition coefficient (Wildman–Crippen LogP) is 2.97. The van der Waals surface area contributed by atoms with Gasteiger partial charge in [0.25, 0.3) is 9.05 Å². The Morgan fingerprint density at radius 3 is 2.50 bits per heavy atom. The summed E-state index contributed by atoms with van der Waals surface area (Å²) in [5, 5.41) is 0. The molecule has 0 fully saturated rings. The minimum atomic E-state index is -3.92.